The number of anilines is 2. The maximum absolute atomic E-state index is 13.5. The molecule has 2 N–H and O–H groups in total. The molecule has 0 aliphatic rings. The monoisotopic (exact) mass is 445 g/mol. The average Bonchev–Trinajstić information content (AvgIpc) is 3.28. The van der Waals surface area contributed by atoms with Crippen LogP contribution in [0.15, 0.2) is 71.4 Å². The lowest BCUT2D eigenvalue weighted by atomic mass is 10.1. The molecule has 32 heavy (non-hydrogen) atoms. The largest absolute Gasteiger partial charge is 0.459 e. The van der Waals surface area contributed by atoms with E-state index < -0.39 is 34.2 Å². The zero-order valence-corrected chi connectivity index (χ0v) is 16.1. The highest BCUT2D eigenvalue weighted by atomic mass is 19.4. The molecular weight excluding hydrogens is 431 g/mol. The van der Waals surface area contributed by atoms with Crippen molar-refractivity contribution >= 4 is 35.0 Å². The van der Waals surface area contributed by atoms with Crippen molar-refractivity contribution in [3.8, 4) is 0 Å². The SMILES string of the molecule is O=C(/C=C/c1cccc([N+](=O)[O-])c1)Nc1ccc(NC(=O)c2ccco2)cc1C(F)(F)F. The molecule has 8 nitrogen and oxygen atoms in total. The minimum atomic E-state index is -4.82. The molecule has 0 saturated heterocycles. The van der Waals surface area contributed by atoms with Gasteiger partial charge >= 0.3 is 6.18 Å². The Labute approximate surface area is 178 Å². The number of non-ortho nitro benzene ring substituents is 1. The first-order valence-corrected chi connectivity index (χ1v) is 8.93. The molecule has 0 spiro atoms. The van der Waals surface area contributed by atoms with Crippen LogP contribution in [0.1, 0.15) is 21.7 Å². The van der Waals surface area contributed by atoms with Crippen LogP contribution in [0.25, 0.3) is 6.08 Å². The van der Waals surface area contributed by atoms with E-state index in [9.17, 15) is 32.9 Å². The Morgan fingerprint density at radius 2 is 1.81 bits per heavy atom. The fourth-order valence-corrected chi connectivity index (χ4v) is 2.65. The van der Waals surface area contributed by atoms with Crippen LogP contribution >= 0.6 is 0 Å². The van der Waals surface area contributed by atoms with E-state index in [1.807, 2.05) is 0 Å². The number of halogens is 3. The average molecular weight is 445 g/mol. The molecule has 0 bridgehead atoms. The van der Waals surface area contributed by atoms with Crippen molar-refractivity contribution < 1.29 is 32.1 Å². The molecule has 0 unspecified atom stereocenters. The quantitative estimate of drug-likeness (QED) is 0.311. The topological polar surface area (TPSA) is 114 Å². The molecule has 0 atom stereocenters. The Morgan fingerprint density at radius 1 is 1.03 bits per heavy atom. The van der Waals surface area contributed by atoms with Gasteiger partial charge in [-0.2, -0.15) is 13.2 Å². The van der Waals surface area contributed by atoms with E-state index in [1.54, 1.807) is 0 Å². The van der Waals surface area contributed by atoms with Crippen LogP contribution in [0, 0.1) is 10.1 Å². The number of hydrogen-bond acceptors (Lipinski definition) is 5. The van der Waals surface area contributed by atoms with Crippen molar-refractivity contribution in [1.29, 1.82) is 0 Å². The molecule has 0 aliphatic heterocycles. The van der Waals surface area contributed by atoms with E-state index in [0.29, 0.717) is 11.6 Å². The molecule has 3 aromatic rings. The first-order valence-electron chi connectivity index (χ1n) is 8.93. The molecule has 2 aromatic carbocycles. The lowest BCUT2D eigenvalue weighted by Crippen LogP contribution is -2.16. The molecule has 11 heteroatoms. The minimum absolute atomic E-state index is 0.0813. The predicted octanol–water partition coefficient (Wildman–Crippen LogP) is 5.11. The smallest absolute Gasteiger partial charge is 0.418 e. The molecule has 2 amide bonds. The van der Waals surface area contributed by atoms with Crippen molar-refractivity contribution in [3.63, 3.8) is 0 Å². The van der Waals surface area contributed by atoms with Crippen molar-refractivity contribution in [2.75, 3.05) is 10.6 Å². The molecule has 0 radical (unpaired) electrons. The summed E-state index contributed by atoms with van der Waals surface area (Å²) >= 11 is 0. The highest BCUT2D eigenvalue weighted by molar-refractivity contribution is 6.04. The molecule has 0 saturated carbocycles. The molecule has 3 rings (SSSR count). The van der Waals surface area contributed by atoms with Gasteiger partial charge in [0.2, 0.25) is 5.91 Å². The van der Waals surface area contributed by atoms with Crippen molar-refractivity contribution in [3.05, 3.63) is 93.9 Å². The summed E-state index contributed by atoms with van der Waals surface area (Å²) in [6.45, 7) is 0. The van der Waals surface area contributed by atoms with E-state index in [1.165, 1.54) is 54.8 Å². The number of benzene rings is 2. The summed E-state index contributed by atoms with van der Waals surface area (Å²) in [4.78, 5) is 34.3. The van der Waals surface area contributed by atoms with Crippen molar-refractivity contribution in [2.45, 2.75) is 6.18 Å². The van der Waals surface area contributed by atoms with Crippen molar-refractivity contribution in [1.82, 2.24) is 0 Å². The molecule has 164 valence electrons. The van der Waals surface area contributed by atoms with E-state index >= 15 is 0 Å². The zero-order valence-electron chi connectivity index (χ0n) is 16.1. The first-order chi connectivity index (χ1) is 15.1. The molecule has 1 aromatic heterocycles. The predicted molar refractivity (Wildman–Crippen MR) is 109 cm³/mol. The third-order valence-corrected chi connectivity index (χ3v) is 4.09. The number of carbonyl (C=O) groups is 2. The highest BCUT2D eigenvalue weighted by Gasteiger charge is 2.34. The van der Waals surface area contributed by atoms with Gasteiger partial charge in [0.15, 0.2) is 5.76 Å². The molecule has 0 fully saturated rings. The number of hydrogen-bond donors (Lipinski definition) is 2. The second kappa shape index (κ2) is 9.16. The second-order valence-electron chi connectivity index (χ2n) is 6.36. The number of nitro benzene ring substituents is 1. The number of nitrogens with zero attached hydrogens (tertiary/aromatic N) is 1. The number of carbonyl (C=O) groups excluding carboxylic acids is 2. The number of nitrogens with one attached hydrogen (secondary N) is 2. The third-order valence-electron chi connectivity index (χ3n) is 4.09. The van der Waals surface area contributed by atoms with E-state index in [0.717, 1.165) is 12.1 Å². The zero-order chi connectivity index (χ0) is 23.3. The van der Waals surface area contributed by atoms with Crippen LogP contribution in [0.5, 0.6) is 0 Å². The number of amides is 2. The van der Waals surface area contributed by atoms with Gasteiger partial charge in [-0.15, -0.1) is 0 Å². The first kappa shape index (κ1) is 22.3. The van der Waals surface area contributed by atoms with Gasteiger partial charge in [-0.05, 0) is 42.0 Å². The highest BCUT2D eigenvalue weighted by Crippen LogP contribution is 2.36. The van der Waals surface area contributed by atoms with Gasteiger partial charge in [-0.3, -0.25) is 19.7 Å². The van der Waals surface area contributed by atoms with E-state index in [4.69, 9.17) is 4.42 Å². The van der Waals surface area contributed by atoms with Crippen LogP contribution in [0.2, 0.25) is 0 Å². The summed E-state index contributed by atoms with van der Waals surface area (Å²) in [7, 11) is 0. The Morgan fingerprint density at radius 3 is 2.47 bits per heavy atom. The second-order valence-corrected chi connectivity index (χ2v) is 6.36. The van der Waals surface area contributed by atoms with Crippen LogP contribution in [0.4, 0.5) is 30.2 Å². The third kappa shape index (κ3) is 5.59. The van der Waals surface area contributed by atoms with Crippen LogP contribution in [-0.2, 0) is 11.0 Å². The Kier molecular flexibility index (Phi) is 6.38. The summed E-state index contributed by atoms with van der Waals surface area (Å²) in [6.07, 6.45) is -1.40. The van der Waals surface area contributed by atoms with Crippen molar-refractivity contribution in [2.24, 2.45) is 0 Å². The maximum atomic E-state index is 13.5. The number of rotatable bonds is 6. The van der Waals surface area contributed by atoms with Gasteiger partial charge in [0.25, 0.3) is 11.6 Å². The summed E-state index contributed by atoms with van der Waals surface area (Å²) in [5.74, 6) is -1.70. The molecule has 0 aliphatic carbocycles. The number of furan rings is 1. The Bertz CT molecular complexity index is 1190. The van der Waals surface area contributed by atoms with Gasteiger partial charge in [-0.1, -0.05) is 12.1 Å². The van der Waals surface area contributed by atoms with Gasteiger partial charge in [-0.25, -0.2) is 0 Å². The minimum Gasteiger partial charge on any atom is -0.459 e. The van der Waals surface area contributed by atoms with E-state index in [-0.39, 0.29) is 17.1 Å². The fraction of sp³-hybridized carbons (Fsp3) is 0.0476. The van der Waals surface area contributed by atoms with Gasteiger partial charge in [0.05, 0.1) is 22.4 Å². The van der Waals surface area contributed by atoms with Crippen LogP contribution < -0.4 is 10.6 Å². The fourth-order valence-electron chi connectivity index (χ4n) is 2.65. The standard InChI is InChI=1S/C21H14F3N3O5/c22-21(23,24)16-12-14(25-20(29)18-5-2-10-32-18)7-8-17(16)26-19(28)9-6-13-3-1-4-15(11-13)27(30)31/h1-12H,(H,25,29)(H,26,28)/b9-6+. The van der Waals surface area contributed by atoms with Crippen LogP contribution in [0.3, 0.4) is 0 Å². The summed E-state index contributed by atoms with van der Waals surface area (Å²) in [5.41, 5.74) is -1.72. The van der Waals surface area contributed by atoms with Crippen LogP contribution in [-0.4, -0.2) is 16.7 Å². The molecule has 1 heterocycles. The van der Waals surface area contributed by atoms with Gasteiger partial charge in [0, 0.05) is 23.9 Å². The normalized spacial score (nSPS) is 11.3. The maximum Gasteiger partial charge on any atom is 0.418 e. The lowest BCUT2D eigenvalue weighted by Gasteiger charge is -2.15. The van der Waals surface area contributed by atoms with Gasteiger partial charge in [0.1, 0.15) is 0 Å². The Hall–Kier alpha value is -4.41. The Balaban J connectivity index is 1.77. The number of nitro groups is 1. The van der Waals surface area contributed by atoms with Gasteiger partial charge < -0.3 is 15.1 Å². The summed E-state index contributed by atoms with van der Waals surface area (Å²) in [6, 6.07) is 11.1. The number of alkyl halides is 3. The summed E-state index contributed by atoms with van der Waals surface area (Å²) < 4.78 is 45.4. The lowest BCUT2D eigenvalue weighted by molar-refractivity contribution is -0.384. The summed E-state index contributed by atoms with van der Waals surface area (Å²) in [5, 5.41) is 15.2. The van der Waals surface area contributed by atoms with E-state index in [2.05, 4.69) is 10.6 Å². The molecular formula is C21H14F3N3O5.